The molecule has 5 nitrogen and oxygen atoms in total. The van der Waals surface area contributed by atoms with E-state index in [1.54, 1.807) is 17.8 Å². The van der Waals surface area contributed by atoms with Gasteiger partial charge in [0, 0.05) is 7.05 Å². The van der Waals surface area contributed by atoms with Crippen molar-refractivity contribution in [3.8, 4) is 0 Å². The average molecular weight is 231 g/mol. The van der Waals surface area contributed by atoms with Crippen LogP contribution < -0.4 is 5.73 Å². The molecule has 0 saturated heterocycles. The largest absolute Gasteiger partial charge is 0.330 e. The van der Waals surface area contributed by atoms with E-state index in [4.69, 9.17) is 5.73 Å². The van der Waals surface area contributed by atoms with Gasteiger partial charge in [-0.15, -0.1) is 0 Å². The minimum Gasteiger partial charge on any atom is -0.330 e. The molecule has 0 saturated carbocycles. The number of rotatable bonds is 5. The normalized spacial score (nSPS) is 11.9. The lowest BCUT2D eigenvalue weighted by atomic mass is 10.4. The van der Waals surface area contributed by atoms with Crippen LogP contribution in [0.4, 0.5) is 0 Å². The Morgan fingerprint density at radius 1 is 1.53 bits per heavy atom. The molecule has 0 bridgehead atoms. The predicted octanol–water partition coefficient (Wildman–Crippen LogP) is -0.00788. The fraction of sp³-hybridized carbons (Fsp3) is 0.667. The van der Waals surface area contributed by atoms with Crippen LogP contribution in [0.3, 0.4) is 0 Å². The first-order chi connectivity index (χ1) is 6.94. The molecule has 0 aliphatic heterocycles. The minimum absolute atomic E-state index is 0.0460. The van der Waals surface area contributed by atoms with E-state index in [9.17, 15) is 8.42 Å². The van der Waals surface area contributed by atoms with Crippen molar-refractivity contribution in [1.29, 1.82) is 0 Å². The summed E-state index contributed by atoms with van der Waals surface area (Å²) < 4.78 is 24.9. The number of aromatic nitrogens is 2. The van der Waals surface area contributed by atoms with E-state index in [1.165, 1.54) is 0 Å². The molecule has 0 amide bonds. The lowest BCUT2D eigenvalue weighted by Crippen LogP contribution is -2.14. The average Bonchev–Trinajstić information content (AvgIpc) is 2.41. The summed E-state index contributed by atoms with van der Waals surface area (Å²) in [4.78, 5) is 0. The van der Waals surface area contributed by atoms with E-state index in [0.29, 0.717) is 13.0 Å². The number of hydrogen-bond donors (Lipinski definition) is 1. The third-order valence-corrected chi connectivity index (χ3v) is 3.77. The van der Waals surface area contributed by atoms with Crippen molar-refractivity contribution in [3.63, 3.8) is 0 Å². The van der Waals surface area contributed by atoms with Crippen molar-refractivity contribution in [2.24, 2.45) is 12.8 Å². The van der Waals surface area contributed by atoms with Crippen LogP contribution in [0.2, 0.25) is 0 Å². The summed E-state index contributed by atoms with van der Waals surface area (Å²) in [5.74, 6) is 0.193. The standard InChI is InChI=1S/C9H17N3O2S/c1-8-6-9(12(2)11-8)7-15(13,14)5-3-4-10/h6H,3-5,7,10H2,1-2H3. The van der Waals surface area contributed by atoms with Crippen LogP contribution in [0.5, 0.6) is 0 Å². The first-order valence-corrected chi connectivity index (χ1v) is 6.67. The monoisotopic (exact) mass is 231 g/mol. The SMILES string of the molecule is Cc1cc(CS(=O)(=O)CCCN)n(C)n1. The molecule has 2 N–H and O–H groups in total. The maximum atomic E-state index is 11.6. The summed E-state index contributed by atoms with van der Waals surface area (Å²) in [7, 11) is -1.30. The van der Waals surface area contributed by atoms with Crippen molar-refractivity contribution in [1.82, 2.24) is 9.78 Å². The van der Waals surface area contributed by atoms with Gasteiger partial charge in [0.15, 0.2) is 9.84 Å². The van der Waals surface area contributed by atoms with Crippen LogP contribution in [-0.4, -0.2) is 30.5 Å². The quantitative estimate of drug-likeness (QED) is 0.773. The van der Waals surface area contributed by atoms with E-state index in [1.807, 2.05) is 6.92 Å². The summed E-state index contributed by atoms with van der Waals surface area (Å²) in [5.41, 5.74) is 6.84. The second kappa shape index (κ2) is 4.76. The first-order valence-electron chi connectivity index (χ1n) is 4.84. The predicted molar refractivity (Wildman–Crippen MR) is 59.1 cm³/mol. The fourth-order valence-electron chi connectivity index (χ4n) is 1.40. The third kappa shape index (κ3) is 3.64. The van der Waals surface area contributed by atoms with E-state index in [0.717, 1.165) is 11.4 Å². The Bertz CT molecular complexity index is 423. The highest BCUT2D eigenvalue weighted by Gasteiger charge is 2.14. The van der Waals surface area contributed by atoms with Gasteiger partial charge in [0.1, 0.15) is 0 Å². The summed E-state index contributed by atoms with van der Waals surface area (Å²) in [6.45, 7) is 2.25. The number of nitrogens with two attached hydrogens (primary N) is 1. The number of hydrogen-bond acceptors (Lipinski definition) is 4. The molecule has 0 fully saturated rings. The molecule has 0 aromatic carbocycles. The number of sulfone groups is 1. The second-order valence-corrected chi connectivity index (χ2v) is 5.82. The van der Waals surface area contributed by atoms with E-state index >= 15 is 0 Å². The molecule has 6 heteroatoms. The summed E-state index contributed by atoms with van der Waals surface area (Å²) in [5, 5.41) is 4.10. The molecule has 1 rings (SSSR count). The lowest BCUT2D eigenvalue weighted by molar-refractivity contribution is 0.589. The van der Waals surface area contributed by atoms with Gasteiger partial charge in [0.2, 0.25) is 0 Å². The molecule has 0 aliphatic carbocycles. The topological polar surface area (TPSA) is 78.0 Å². The maximum absolute atomic E-state index is 11.6. The zero-order valence-electron chi connectivity index (χ0n) is 9.10. The van der Waals surface area contributed by atoms with Crippen molar-refractivity contribution in [2.75, 3.05) is 12.3 Å². The molecule has 0 unspecified atom stereocenters. The van der Waals surface area contributed by atoms with E-state index in [-0.39, 0.29) is 11.5 Å². The smallest absolute Gasteiger partial charge is 0.156 e. The number of aryl methyl sites for hydroxylation is 2. The molecule has 1 heterocycles. The molecule has 15 heavy (non-hydrogen) atoms. The van der Waals surface area contributed by atoms with Crippen LogP contribution in [0.25, 0.3) is 0 Å². The van der Waals surface area contributed by atoms with Crippen LogP contribution in [0.1, 0.15) is 17.8 Å². The lowest BCUT2D eigenvalue weighted by Gasteiger charge is -2.03. The Hall–Kier alpha value is -0.880. The van der Waals surface area contributed by atoms with Crippen molar-refractivity contribution in [2.45, 2.75) is 19.1 Å². The summed E-state index contributed by atoms with van der Waals surface area (Å²) in [6.07, 6.45) is 0.513. The summed E-state index contributed by atoms with van der Waals surface area (Å²) >= 11 is 0. The van der Waals surface area contributed by atoms with Gasteiger partial charge in [0.05, 0.1) is 22.9 Å². The molecule has 1 aromatic heterocycles. The van der Waals surface area contributed by atoms with Crippen molar-refractivity contribution < 1.29 is 8.42 Å². The molecular weight excluding hydrogens is 214 g/mol. The molecule has 0 aliphatic rings. The second-order valence-electron chi connectivity index (χ2n) is 3.63. The molecular formula is C9H17N3O2S. The van der Waals surface area contributed by atoms with Gasteiger partial charge in [0.25, 0.3) is 0 Å². The highest BCUT2D eigenvalue weighted by atomic mass is 32.2. The maximum Gasteiger partial charge on any atom is 0.156 e. The van der Waals surface area contributed by atoms with Crippen LogP contribution in [-0.2, 0) is 22.6 Å². The van der Waals surface area contributed by atoms with Crippen LogP contribution in [0.15, 0.2) is 6.07 Å². The van der Waals surface area contributed by atoms with Gasteiger partial charge in [-0.1, -0.05) is 0 Å². The van der Waals surface area contributed by atoms with Gasteiger partial charge in [-0.05, 0) is 26.0 Å². The van der Waals surface area contributed by atoms with E-state index in [2.05, 4.69) is 5.10 Å². The van der Waals surface area contributed by atoms with Crippen molar-refractivity contribution in [3.05, 3.63) is 17.5 Å². The van der Waals surface area contributed by atoms with Crippen LogP contribution >= 0.6 is 0 Å². The van der Waals surface area contributed by atoms with Gasteiger partial charge in [-0.3, -0.25) is 4.68 Å². The third-order valence-electron chi connectivity index (χ3n) is 2.13. The van der Waals surface area contributed by atoms with Gasteiger partial charge in [-0.25, -0.2) is 8.42 Å². The van der Waals surface area contributed by atoms with E-state index < -0.39 is 9.84 Å². The van der Waals surface area contributed by atoms with Crippen LogP contribution in [0, 0.1) is 6.92 Å². The molecule has 0 spiro atoms. The molecule has 0 atom stereocenters. The van der Waals surface area contributed by atoms with Crippen molar-refractivity contribution >= 4 is 9.84 Å². The summed E-state index contributed by atoms with van der Waals surface area (Å²) in [6, 6.07) is 1.79. The zero-order chi connectivity index (χ0) is 11.5. The minimum atomic E-state index is -3.05. The Morgan fingerprint density at radius 3 is 2.67 bits per heavy atom. The van der Waals surface area contributed by atoms with Gasteiger partial charge >= 0.3 is 0 Å². The Labute approximate surface area is 90.2 Å². The molecule has 0 radical (unpaired) electrons. The zero-order valence-corrected chi connectivity index (χ0v) is 9.92. The molecule has 86 valence electrons. The highest BCUT2D eigenvalue weighted by Crippen LogP contribution is 2.08. The van der Waals surface area contributed by atoms with Gasteiger partial charge < -0.3 is 5.73 Å². The molecule has 1 aromatic rings. The fourth-order valence-corrected chi connectivity index (χ4v) is 2.87. The Morgan fingerprint density at radius 2 is 2.20 bits per heavy atom. The van der Waals surface area contributed by atoms with Gasteiger partial charge in [-0.2, -0.15) is 5.10 Å². The first kappa shape index (κ1) is 12.2. The Kier molecular flexibility index (Phi) is 3.87. The number of nitrogens with zero attached hydrogens (tertiary/aromatic N) is 2. The highest BCUT2D eigenvalue weighted by molar-refractivity contribution is 7.90. The Balaban J connectivity index is 2.73.